The summed E-state index contributed by atoms with van der Waals surface area (Å²) in [4.78, 5) is 17.3. The lowest BCUT2D eigenvalue weighted by Gasteiger charge is -2.14. The van der Waals surface area contributed by atoms with Gasteiger partial charge >= 0.3 is 0 Å². The van der Waals surface area contributed by atoms with Gasteiger partial charge in [0.2, 0.25) is 5.96 Å². The van der Waals surface area contributed by atoms with Crippen LogP contribution in [0.3, 0.4) is 0 Å². The van der Waals surface area contributed by atoms with Crippen molar-refractivity contribution < 1.29 is 14.3 Å². The topological polar surface area (TPSA) is 72.0 Å². The Morgan fingerprint density at radius 2 is 2.03 bits per heavy atom. The number of anilines is 1. The van der Waals surface area contributed by atoms with Gasteiger partial charge in [0, 0.05) is 17.9 Å². The zero-order chi connectivity index (χ0) is 20.5. The van der Waals surface area contributed by atoms with E-state index < -0.39 is 0 Å². The standard InChI is InChI=1S/C23H29N3O3/c1-3-17-7-5-8-19(15-17)25-23(24-16-21-9-6-14-29-21)26-22(27)18-10-12-20(13-11-18)28-4-2/h5,7-8,10-13,15,21H,3-4,6,9,14,16H2,1-2H3,(H2,24,25,26,27). The van der Waals surface area contributed by atoms with Gasteiger partial charge in [-0.05, 0) is 68.1 Å². The van der Waals surface area contributed by atoms with Crippen LogP contribution >= 0.6 is 0 Å². The number of nitrogens with one attached hydrogen (secondary N) is 2. The summed E-state index contributed by atoms with van der Waals surface area (Å²) in [5, 5.41) is 6.15. The normalized spacial score (nSPS) is 16.5. The van der Waals surface area contributed by atoms with E-state index in [2.05, 4.69) is 34.7 Å². The largest absolute Gasteiger partial charge is 0.494 e. The smallest absolute Gasteiger partial charge is 0.257 e. The van der Waals surface area contributed by atoms with E-state index in [1.807, 2.05) is 19.1 Å². The van der Waals surface area contributed by atoms with Gasteiger partial charge in [0.15, 0.2) is 0 Å². The van der Waals surface area contributed by atoms with Crippen molar-refractivity contribution in [3.8, 4) is 5.75 Å². The number of benzene rings is 2. The van der Waals surface area contributed by atoms with Gasteiger partial charge in [-0.25, -0.2) is 4.99 Å². The van der Waals surface area contributed by atoms with Crippen molar-refractivity contribution in [3.63, 3.8) is 0 Å². The average molecular weight is 396 g/mol. The molecule has 1 atom stereocenters. The van der Waals surface area contributed by atoms with Crippen LogP contribution in [0.1, 0.15) is 42.6 Å². The molecule has 1 unspecified atom stereocenters. The molecule has 2 N–H and O–H groups in total. The molecular weight excluding hydrogens is 366 g/mol. The van der Waals surface area contributed by atoms with Gasteiger partial charge in [-0.1, -0.05) is 19.1 Å². The number of guanidine groups is 1. The van der Waals surface area contributed by atoms with Gasteiger partial charge < -0.3 is 14.8 Å². The molecule has 1 amide bonds. The predicted molar refractivity (Wildman–Crippen MR) is 116 cm³/mol. The Hall–Kier alpha value is -2.86. The van der Waals surface area contributed by atoms with Gasteiger partial charge in [0.05, 0.1) is 19.3 Å². The van der Waals surface area contributed by atoms with E-state index in [-0.39, 0.29) is 12.0 Å². The van der Waals surface area contributed by atoms with Gasteiger partial charge in [0.1, 0.15) is 5.75 Å². The Balaban J connectivity index is 1.72. The fourth-order valence-corrected chi connectivity index (χ4v) is 3.15. The summed E-state index contributed by atoms with van der Waals surface area (Å²) in [6.07, 6.45) is 3.10. The van der Waals surface area contributed by atoms with Crippen LogP contribution in [0, 0.1) is 0 Å². The van der Waals surface area contributed by atoms with E-state index in [9.17, 15) is 4.79 Å². The number of ether oxygens (including phenoxy) is 2. The molecule has 6 heteroatoms. The second kappa shape index (κ2) is 10.6. The van der Waals surface area contributed by atoms with Crippen LogP contribution in [-0.4, -0.2) is 37.7 Å². The van der Waals surface area contributed by atoms with Crippen LogP contribution in [-0.2, 0) is 11.2 Å². The molecular formula is C23H29N3O3. The molecule has 29 heavy (non-hydrogen) atoms. The highest BCUT2D eigenvalue weighted by atomic mass is 16.5. The van der Waals surface area contributed by atoms with Crippen LogP contribution in [0.25, 0.3) is 0 Å². The summed E-state index contributed by atoms with van der Waals surface area (Å²) in [6.45, 7) is 5.92. The van der Waals surface area contributed by atoms with Crippen LogP contribution in [0.5, 0.6) is 5.75 Å². The number of rotatable bonds is 7. The fraction of sp³-hybridized carbons (Fsp3) is 0.391. The minimum Gasteiger partial charge on any atom is -0.494 e. The zero-order valence-electron chi connectivity index (χ0n) is 17.1. The summed E-state index contributed by atoms with van der Waals surface area (Å²) < 4.78 is 11.1. The van der Waals surface area contributed by atoms with Crippen molar-refractivity contribution in [2.75, 3.05) is 25.1 Å². The molecule has 1 aliphatic heterocycles. The third-order valence-corrected chi connectivity index (χ3v) is 4.73. The molecule has 154 valence electrons. The number of carbonyl (C=O) groups excluding carboxylic acids is 1. The molecule has 3 rings (SSSR count). The minimum absolute atomic E-state index is 0.108. The van der Waals surface area contributed by atoms with Crippen molar-refractivity contribution in [3.05, 3.63) is 59.7 Å². The predicted octanol–water partition coefficient (Wildman–Crippen LogP) is 4.02. The number of amides is 1. The Bertz CT molecular complexity index is 828. The summed E-state index contributed by atoms with van der Waals surface area (Å²) in [5.41, 5.74) is 2.65. The fourth-order valence-electron chi connectivity index (χ4n) is 3.15. The highest BCUT2D eigenvalue weighted by Crippen LogP contribution is 2.15. The molecule has 0 saturated carbocycles. The van der Waals surface area contributed by atoms with Crippen molar-refractivity contribution in [1.82, 2.24) is 5.32 Å². The van der Waals surface area contributed by atoms with Crippen LogP contribution < -0.4 is 15.4 Å². The van der Waals surface area contributed by atoms with E-state index in [0.717, 1.165) is 37.3 Å². The van der Waals surface area contributed by atoms with E-state index in [1.165, 1.54) is 5.56 Å². The second-order valence-corrected chi connectivity index (χ2v) is 6.91. The van der Waals surface area contributed by atoms with Crippen molar-refractivity contribution >= 4 is 17.6 Å². The Labute approximate surface area is 172 Å². The zero-order valence-corrected chi connectivity index (χ0v) is 17.1. The molecule has 1 fully saturated rings. The first-order chi connectivity index (χ1) is 14.2. The molecule has 1 aliphatic rings. The first-order valence-electron chi connectivity index (χ1n) is 10.2. The van der Waals surface area contributed by atoms with Crippen LogP contribution in [0.2, 0.25) is 0 Å². The van der Waals surface area contributed by atoms with Crippen LogP contribution in [0.15, 0.2) is 53.5 Å². The maximum absolute atomic E-state index is 12.7. The maximum Gasteiger partial charge on any atom is 0.257 e. The summed E-state index contributed by atoms with van der Waals surface area (Å²) in [7, 11) is 0. The van der Waals surface area contributed by atoms with Gasteiger partial charge in [0.25, 0.3) is 5.91 Å². The van der Waals surface area contributed by atoms with Gasteiger partial charge in [-0.2, -0.15) is 0 Å². The summed E-state index contributed by atoms with van der Waals surface area (Å²) in [6, 6.07) is 15.2. The molecule has 1 heterocycles. The molecule has 0 radical (unpaired) electrons. The quantitative estimate of drug-likeness (QED) is 0.549. The second-order valence-electron chi connectivity index (χ2n) is 6.91. The lowest BCUT2D eigenvalue weighted by Crippen LogP contribution is -2.36. The number of hydrogen-bond acceptors (Lipinski definition) is 4. The first kappa shape index (κ1) is 20.9. The van der Waals surface area contributed by atoms with Crippen molar-refractivity contribution in [2.45, 2.75) is 39.2 Å². The van der Waals surface area contributed by atoms with Crippen molar-refractivity contribution in [1.29, 1.82) is 0 Å². The molecule has 2 aromatic carbocycles. The number of hydrogen-bond donors (Lipinski definition) is 2. The van der Waals surface area contributed by atoms with Gasteiger partial charge in [-0.15, -0.1) is 0 Å². The third kappa shape index (κ3) is 6.32. The molecule has 2 aromatic rings. The number of carbonyl (C=O) groups is 1. The highest BCUT2D eigenvalue weighted by Gasteiger charge is 2.16. The Morgan fingerprint density at radius 3 is 2.72 bits per heavy atom. The van der Waals surface area contributed by atoms with Gasteiger partial charge in [-0.3, -0.25) is 10.1 Å². The van der Waals surface area contributed by atoms with Crippen molar-refractivity contribution in [2.24, 2.45) is 4.99 Å². The van der Waals surface area contributed by atoms with E-state index in [1.54, 1.807) is 24.3 Å². The lowest BCUT2D eigenvalue weighted by molar-refractivity contribution is 0.0975. The minimum atomic E-state index is -0.224. The summed E-state index contributed by atoms with van der Waals surface area (Å²) in [5.74, 6) is 0.941. The van der Waals surface area contributed by atoms with Crippen LogP contribution in [0.4, 0.5) is 5.69 Å². The third-order valence-electron chi connectivity index (χ3n) is 4.73. The molecule has 0 aromatic heterocycles. The SMILES string of the molecule is CCOc1ccc(C(=O)NC(=NCC2CCCO2)Nc2cccc(CC)c2)cc1. The highest BCUT2D eigenvalue weighted by molar-refractivity contribution is 6.10. The molecule has 0 spiro atoms. The Morgan fingerprint density at radius 1 is 1.21 bits per heavy atom. The Kier molecular flexibility index (Phi) is 7.64. The molecule has 6 nitrogen and oxygen atoms in total. The lowest BCUT2D eigenvalue weighted by atomic mass is 10.1. The molecule has 0 aliphatic carbocycles. The first-order valence-corrected chi connectivity index (χ1v) is 10.2. The monoisotopic (exact) mass is 395 g/mol. The van der Waals surface area contributed by atoms with E-state index in [4.69, 9.17) is 9.47 Å². The molecule has 1 saturated heterocycles. The number of aliphatic imine (C=N–C) groups is 1. The number of nitrogens with zero attached hydrogens (tertiary/aromatic N) is 1. The van der Waals surface area contributed by atoms with E-state index in [0.29, 0.717) is 24.7 Å². The number of aryl methyl sites for hydroxylation is 1. The van der Waals surface area contributed by atoms with E-state index >= 15 is 0 Å². The maximum atomic E-state index is 12.7. The summed E-state index contributed by atoms with van der Waals surface area (Å²) >= 11 is 0. The average Bonchev–Trinajstić information content (AvgIpc) is 3.26. The molecule has 0 bridgehead atoms.